The third-order valence-electron chi connectivity index (χ3n) is 14.2. The summed E-state index contributed by atoms with van der Waals surface area (Å²) in [6.45, 7) is 1.13. The van der Waals surface area contributed by atoms with Crippen LogP contribution in [0.1, 0.15) is 94.3 Å². The molecular weight excluding hydrogens is 972 g/mol. The van der Waals surface area contributed by atoms with Crippen LogP contribution in [0.25, 0.3) is 33.4 Å². The molecule has 6 aromatic carbocycles. The van der Waals surface area contributed by atoms with Crippen LogP contribution < -0.4 is 10.6 Å². The number of fused-ring (bicyclic) bond motifs is 3. The van der Waals surface area contributed by atoms with Crippen LogP contribution in [0.2, 0.25) is 0 Å². The molecule has 1 saturated heterocycles. The predicted molar refractivity (Wildman–Crippen MR) is 266 cm³/mol. The maximum atomic E-state index is 14.8. The topological polar surface area (TPSA) is 81.8 Å². The van der Waals surface area contributed by atoms with Crippen LogP contribution in [0.5, 0.6) is 0 Å². The summed E-state index contributed by atoms with van der Waals surface area (Å²) < 4.78 is 120. The van der Waals surface area contributed by atoms with Crippen LogP contribution in [0.4, 0.5) is 39.5 Å². The molecule has 8 rings (SSSR count). The number of rotatable bonds is 18. The van der Waals surface area contributed by atoms with Crippen molar-refractivity contribution in [3.63, 3.8) is 0 Å². The number of nitrogens with one attached hydrogen (secondary N) is 2. The number of alkyl halides is 9. The summed E-state index contributed by atoms with van der Waals surface area (Å²) in [6.07, 6.45) is -9.15. The van der Waals surface area contributed by atoms with Gasteiger partial charge in [-0.15, -0.1) is 0 Å². The van der Waals surface area contributed by atoms with Crippen molar-refractivity contribution in [1.82, 2.24) is 20.4 Å². The van der Waals surface area contributed by atoms with Gasteiger partial charge in [0.25, 0.3) is 11.8 Å². The van der Waals surface area contributed by atoms with Gasteiger partial charge in [-0.3, -0.25) is 14.4 Å². The molecule has 388 valence electrons. The molecule has 2 N–H and O–H groups in total. The van der Waals surface area contributed by atoms with Crippen LogP contribution in [0.15, 0.2) is 146 Å². The average Bonchev–Trinajstić information content (AvgIpc) is 3.70. The summed E-state index contributed by atoms with van der Waals surface area (Å²) in [5, 5.41) is 5.11. The molecule has 0 aromatic heterocycles. The van der Waals surface area contributed by atoms with Crippen molar-refractivity contribution in [3.8, 4) is 33.4 Å². The van der Waals surface area contributed by atoms with Gasteiger partial charge >= 0.3 is 18.5 Å². The van der Waals surface area contributed by atoms with Gasteiger partial charge in [0.15, 0.2) is 0 Å². The zero-order valence-corrected chi connectivity index (χ0v) is 40.4. The van der Waals surface area contributed by atoms with E-state index in [-0.39, 0.29) is 17.9 Å². The number of likely N-dealkylation sites (tertiary alicyclic amines) is 1. The molecule has 3 amide bonds. The molecule has 6 aromatic rings. The average molecular weight is 1030 g/mol. The molecule has 0 bridgehead atoms. The molecule has 0 atom stereocenters. The summed E-state index contributed by atoms with van der Waals surface area (Å²) in [6, 6.07) is 37.3. The highest BCUT2D eigenvalue weighted by atomic mass is 19.4. The van der Waals surface area contributed by atoms with Crippen molar-refractivity contribution in [3.05, 3.63) is 179 Å². The van der Waals surface area contributed by atoms with E-state index in [1.807, 2.05) is 41.3 Å². The van der Waals surface area contributed by atoms with E-state index < -0.39 is 47.5 Å². The van der Waals surface area contributed by atoms with Gasteiger partial charge in [0.2, 0.25) is 5.91 Å². The number of piperidine rings is 1. The van der Waals surface area contributed by atoms with E-state index in [0.29, 0.717) is 129 Å². The SMILES string of the molecule is O=C(NCCCCCN(C(=O)c1ccccc1-c1ccc(C(F)(F)F)cc1)C1CCN(CCCCC2(C(=O)NCC(F)(F)F)c3ccccc3-c3ccccc32)CC1)c1ccccc1-c1ccc(C(F)(F)F)cc1. The Balaban J connectivity index is 0.916. The van der Waals surface area contributed by atoms with Crippen molar-refractivity contribution in [1.29, 1.82) is 0 Å². The Morgan fingerprint density at radius 2 is 1.03 bits per heavy atom. The first-order valence-corrected chi connectivity index (χ1v) is 24.7. The Labute approximate surface area is 423 Å². The van der Waals surface area contributed by atoms with Crippen molar-refractivity contribution < 1.29 is 53.9 Å². The minimum Gasteiger partial charge on any atom is -0.352 e. The van der Waals surface area contributed by atoms with Crippen LogP contribution in [0.3, 0.4) is 0 Å². The molecule has 16 heteroatoms. The van der Waals surface area contributed by atoms with E-state index in [9.17, 15) is 53.9 Å². The van der Waals surface area contributed by atoms with E-state index in [0.717, 1.165) is 35.4 Å². The van der Waals surface area contributed by atoms with Crippen LogP contribution >= 0.6 is 0 Å². The zero-order valence-electron chi connectivity index (χ0n) is 40.4. The molecule has 0 unspecified atom stereocenters. The minimum atomic E-state index is -4.59. The molecular formula is C58H55F9N4O3. The lowest BCUT2D eigenvalue weighted by Gasteiger charge is -2.39. The minimum absolute atomic E-state index is 0.187. The van der Waals surface area contributed by atoms with Crippen molar-refractivity contribution in [2.45, 2.75) is 81.4 Å². The van der Waals surface area contributed by atoms with Gasteiger partial charge in [-0.1, -0.05) is 116 Å². The Morgan fingerprint density at radius 3 is 1.55 bits per heavy atom. The first-order chi connectivity index (χ1) is 35.3. The largest absolute Gasteiger partial charge is 0.416 e. The third kappa shape index (κ3) is 12.2. The highest BCUT2D eigenvalue weighted by Gasteiger charge is 2.49. The van der Waals surface area contributed by atoms with Gasteiger partial charge in [-0.25, -0.2) is 0 Å². The van der Waals surface area contributed by atoms with E-state index in [1.165, 1.54) is 24.3 Å². The first-order valence-electron chi connectivity index (χ1n) is 24.7. The normalized spacial score (nSPS) is 14.8. The maximum absolute atomic E-state index is 14.8. The lowest BCUT2D eigenvalue weighted by atomic mass is 9.73. The summed E-state index contributed by atoms with van der Waals surface area (Å²) in [5.41, 5.74) is 2.62. The molecule has 1 aliphatic carbocycles. The number of hydrogen-bond donors (Lipinski definition) is 2. The fourth-order valence-corrected chi connectivity index (χ4v) is 10.5. The standard InChI is InChI=1S/C58H55F9N4O3/c59-56(60,61)38-69-54(74)55(50-20-8-6-16-46(50)47-17-7-9-21-51(47)55)32-10-13-34-70-36-30-43(31-37-70)71(53(73)49-19-5-3-15-45(49)40-24-28-42(29-25-40)58(65,66)67)35-12-1-11-33-68-52(72)48-18-4-2-14-44(48)39-22-26-41(27-23-39)57(62,63)64/h2-9,14-29,43H,1,10-13,30-38H2,(H,68,72)(H,69,74). The van der Waals surface area contributed by atoms with Gasteiger partial charge in [0.1, 0.15) is 12.0 Å². The summed E-state index contributed by atoms with van der Waals surface area (Å²) in [7, 11) is 0. The highest BCUT2D eigenvalue weighted by molar-refractivity contribution is 6.02. The van der Waals surface area contributed by atoms with Crippen molar-refractivity contribution in [2.75, 3.05) is 39.3 Å². The molecule has 1 aliphatic heterocycles. The van der Waals surface area contributed by atoms with Crippen molar-refractivity contribution in [2.24, 2.45) is 0 Å². The Kier molecular flexibility index (Phi) is 16.3. The van der Waals surface area contributed by atoms with Gasteiger partial charge in [0, 0.05) is 43.3 Å². The van der Waals surface area contributed by atoms with E-state index in [4.69, 9.17) is 0 Å². The van der Waals surface area contributed by atoms with Crippen LogP contribution in [0, 0.1) is 0 Å². The number of amides is 3. The molecule has 7 nitrogen and oxygen atoms in total. The number of nitrogens with zero attached hydrogens (tertiary/aromatic N) is 2. The first kappa shape index (κ1) is 53.4. The van der Waals surface area contributed by atoms with Crippen LogP contribution in [-0.2, 0) is 22.6 Å². The molecule has 74 heavy (non-hydrogen) atoms. The molecule has 0 spiro atoms. The summed E-state index contributed by atoms with van der Waals surface area (Å²) in [4.78, 5) is 46.3. The second kappa shape index (κ2) is 22.7. The maximum Gasteiger partial charge on any atom is 0.416 e. The molecule has 1 heterocycles. The fraction of sp³-hybridized carbons (Fsp3) is 0.328. The van der Waals surface area contributed by atoms with E-state index in [2.05, 4.69) is 15.5 Å². The second-order valence-electron chi connectivity index (χ2n) is 18.9. The molecule has 2 aliphatic rings. The van der Waals surface area contributed by atoms with Gasteiger partial charge in [-0.05, 0) is 132 Å². The third-order valence-corrected chi connectivity index (χ3v) is 14.2. The van der Waals surface area contributed by atoms with E-state index in [1.54, 1.807) is 60.7 Å². The fourth-order valence-electron chi connectivity index (χ4n) is 10.5. The number of unbranched alkanes of at least 4 members (excludes halogenated alkanes) is 3. The molecule has 0 radical (unpaired) electrons. The lowest BCUT2D eigenvalue weighted by molar-refractivity contribution is -0.141. The van der Waals surface area contributed by atoms with Crippen LogP contribution in [-0.4, -0.2) is 79.0 Å². The van der Waals surface area contributed by atoms with E-state index >= 15 is 0 Å². The molecule has 0 saturated carbocycles. The number of halogens is 9. The van der Waals surface area contributed by atoms with Gasteiger partial charge < -0.3 is 20.4 Å². The lowest BCUT2D eigenvalue weighted by Crippen LogP contribution is -2.48. The quantitative estimate of drug-likeness (QED) is 0.0664. The Bertz CT molecular complexity index is 2860. The molecule has 1 fully saturated rings. The zero-order chi connectivity index (χ0) is 52.7. The second-order valence-corrected chi connectivity index (χ2v) is 18.9. The smallest absolute Gasteiger partial charge is 0.352 e. The Morgan fingerprint density at radius 1 is 0.541 bits per heavy atom. The predicted octanol–water partition coefficient (Wildman–Crippen LogP) is 13.4. The monoisotopic (exact) mass is 1030 g/mol. The number of carbonyl (C=O) groups excluding carboxylic acids is 3. The number of carbonyl (C=O) groups is 3. The highest BCUT2D eigenvalue weighted by Crippen LogP contribution is 2.52. The van der Waals surface area contributed by atoms with Gasteiger partial charge in [0.05, 0.1) is 11.1 Å². The Hall–Kier alpha value is -6.94. The number of hydrogen-bond acceptors (Lipinski definition) is 4. The summed E-state index contributed by atoms with van der Waals surface area (Å²) in [5.74, 6) is -1.34. The van der Waals surface area contributed by atoms with Crippen molar-refractivity contribution >= 4 is 17.7 Å². The van der Waals surface area contributed by atoms with Gasteiger partial charge in [-0.2, -0.15) is 39.5 Å². The summed E-state index contributed by atoms with van der Waals surface area (Å²) >= 11 is 0. The number of benzene rings is 6.